The van der Waals surface area contributed by atoms with Gasteiger partial charge < -0.3 is 4.52 Å². The van der Waals surface area contributed by atoms with E-state index in [1.54, 1.807) is 28.8 Å². The molecular weight excluding hydrogens is 206 g/mol. The Balaban J connectivity index is 2.31. The Morgan fingerprint density at radius 2 is 2.19 bits per heavy atom. The molecule has 3 aromatic heterocycles. The van der Waals surface area contributed by atoms with E-state index in [9.17, 15) is 0 Å². The van der Waals surface area contributed by atoms with Gasteiger partial charge in [0.2, 0.25) is 0 Å². The summed E-state index contributed by atoms with van der Waals surface area (Å²) in [7, 11) is 0. The van der Waals surface area contributed by atoms with Gasteiger partial charge in [0.05, 0.1) is 5.56 Å². The van der Waals surface area contributed by atoms with Crippen molar-refractivity contribution >= 4 is 5.65 Å². The van der Waals surface area contributed by atoms with Gasteiger partial charge in [0.25, 0.3) is 0 Å². The first-order valence-corrected chi connectivity index (χ1v) is 4.54. The van der Waals surface area contributed by atoms with Crippen LogP contribution in [-0.4, -0.2) is 19.8 Å². The number of fused-ring (bicyclic) bond motifs is 1. The lowest BCUT2D eigenvalue weighted by molar-refractivity contribution is 0.421. The van der Waals surface area contributed by atoms with Crippen LogP contribution in [0.15, 0.2) is 35.2 Å². The van der Waals surface area contributed by atoms with Gasteiger partial charge in [-0.3, -0.25) is 4.40 Å². The Morgan fingerprint density at radius 3 is 2.94 bits per heavy atom. The number of hydrogen-bond acceptors (Lipinski definition) is 5. The van der Waals surface area contributed by atoms with Gasteiger partial charge in [0, 0.05) is 12.3 Å². The highest BCUT2D eigenvalue weighted by Gasteiger charge is 2.10. The van der Waals surface area contributed by atoms with Gasteiger partial charge in [0.1, 0.15) is 12.3 Å². The van der Waals surface area contributed by atoms with Gasteiger partial charge in [-0.2, -0.15) is 5.26 Å². The molecule has 0 aliphatic heterocycles. The smallest absolute Gasteiger partial charge is 0.190 e. The van der Waals surface area contributed by atoms with E-state index in [1.807, 2.05) is 0 Å². The van der Waals surface area contributed by atoms with Crippen molar-refractivity contribution in [2.24, 2.45) is 0 Å². The summed E-state index contributed by atoms with van der Waals surface area (Å²) in [6.45, 7) is 0. The largest absolute Gasteiger partial charge is 0.364 e. The second kappa shape index (κ2) is 3.17. The van der Waals surface area contributed by atoms with Gasteiger partial charge in [-0.05, 0) is 12.1 Å². The van der Waals surface area contributed by atoms with Crippen molar-refractivity contribution in [3.63, 3.8) is 0 Å². The predicted molar refractivity (Wildman–Crippen MR) is 53.2 cm³/mol. The molecule has 0 saturated carbocycles. The second-order valence-electron chi connectivity index (χ2n) is 3.17. The number of rotatable bonds is 1. The zero-order chi connectivity index (χ0) is 11.0. The van der Waals surface area contributed by atoms with Crippen molar-refractivity contribution in [3.05, 3.63) is 36.2 Å². The minimum Gasteiger partial charge on any atom is -0.364 e. The summed E-state index contributed by atoms with van der Waals surface area (Å²) < 4.78 is 6.45. The second-order valence-corrected chi connectivity index (χ2v) is 3.17. The average molecular weight is 211 g/mol. The van der Waals surface area contributed by atoms with Crippen molar-refractivity contribution in [2.75, 3.05) is 0 Å². The number of nitriles is 1. The lowest BCUT2D eigenvalue weighted by Crippen LogP contribution is -1.90. The van der Waals surface area contributed by atoms with E-state index in [1.165, 1.54) is 6.26 Å². The van der Waals surface area contributed by atoms with Crippen LogP contribution in [0.25, 0.3) is 17.2 Å². The van der Waals surface area contributed by atoms with Crippen molar-refractivity contribution in [1.82, 2.24) is 19.8 Å². The molecule has 0 aromatic carbocycles. The molecule has 0 unspecified atom stereocenters. The third-order valence-electron chi connectivity index (χ3n) is 2.20. The normalized spacial score (nSPS) is 10.4. The summed E-state index contributed by atoms with van der Waals surface area (Å²) in [6, 6.07) is 7.17. The molecule has 6 nitrogen and oxygen atoms in total. The van der Waals surface area contributed by atoms with Crippen molar-refractivity contribution in [1.29, 1.82) is 5.26 Å². The third kappa shape index (κ3) is 1.15. The maximum absolute atomic E-state index is 8.82. The van der Waals surface area contributed by atoms with Crippen LogP contribution < -0.4 is 0 Å². The molecule has 76 valence electrons. The third-order valence-corrected chi connectivity index (χ3v) is 2.20. The van der Waals surface area contributed by atoms with Crippen molar-refractivity contribution < 1.29 is 4.52 Å². The molecule has 0 aliphatic rings. The summed E-state index contributed by atoms with van der Waals surface area (Å²) in [5.74, 6) is 0.556. The molecule has 3 heterocycles. The van der Waals surface area contributed by atoms with Crippen LogP contribution in [0.3, 0.4) is 0 Å². The van der Waals surface area contributed by atoms with Crippen LogP contribution in [0.1, 0.15) is 5.56 Å². The highest BCUT2D eigenvalue weighted by molar-refractivity contribution is 5.55. The van der Waals surface area contributed by atoms with Crippen LogP contribution in [0.5, 0.6) is 0 Å². The van der Waals surface area contributed by atoms with Crippen LogP contribution in [0.4, 0.5) is 0 Å². The predicted octanol–water partition coefficient (Wildman–Crippen LogP) is 1.26. The van der Waals surface area contributed by atoms with Gasteiger partial charge in [-0.1, -0.05) is 5.16 Å². The maximum atomic E-state index is 8.82. The molecule has 0 fully saturated rings. The molecule has 6 heteroatoms. The first-order valence-electron chi connectivity index (χ1n) is 4.54. The molecule has 0 atom stereocenters. The van der Waals surface area contributed by atoms with Gasteiger partial charge in [-0.25, -0.2) is 0 Å². The Labute approximate surface area is 89.7 Å². The molecule has 0 radical (unpaired) electrons. The van der Waals surface area contributed by atoms with E-state index in [0.29, 0.717) is 22.7 Å². The number of nitrogens with zero attached hydrogens (tertiary/aromatic N) is 5. The van der Waals surface area contributed by atoms with Crippen LogP contribution >= 0.6 is 0 Å². The van der Waals surface area contributed by atoms with Crippen molar-refractivity contribution in [2.45, 2.75) is 0 Å². The fourth-order valence-corrected chi connectivity index (χ4v) is 1.46. The zero-order valence-corrected chi connectivity index (χ0v) is 8.03. The minimum atomic E-state index is 0.539. The highest BCUT2D eigenvalue weighted by Crippen LogP contribution is 2.16. The first kappa shape index (κ1) is 8.61. The van der Waals surface area contributed by atoms with E-state index < -0.39 is 0 Å². The molecule has 0 aliphatic carbocycles. The van der Waals surface area contributed by atoms with E-state index >= 15 is 0 Å². The SMILES string of the molecule is N#Cc1ccc2nnc(-c3ccon3)n2c1. The Hall–Kier alpha value is -2.68. The van der Waals surface area contributed by atoms with E-state index in [4.69, 9.17) is 9.78 Å². The maximum Gasteiger partial charge on any atom is 0.190 e. The number of aromatic nitrogens is 4. The number of pyridine rings is 1. The molecule has 16 heavy (non-hydrogen) atoms. The van der Waals surface area contributed by atoms with E-state index in [-0.39, 0.29) is 0 Å². The lowest BCUT2D eigenvalue weighted by atomic mass is 10.3. The van der Waals surface area contributed by atoms with Crippen LogP contribution in [0.2, 0.25) is 0 Å². The van der Waals surface area contributed by atoms with Crippen LogP contribution in [-0.2, 0) is 0 Å². The van der Waals surface area contributed by atoms with Crippen molar-refractivity contribution in [3.8, 4) is 17.6 Å². The molecule has 0 N–H and O–H groups in total. The summed E-state index contributed by atoms with van der Waals surface area (Å²) in [6.07, 6.45) is 3.13. The van der Waals surface area contributed by atoms with Crippen LogP contribution in [0, 0.1) is 11.3 Å². The van der Waals surface area contributed by atoms with E-state index in [0.717, 1.165) is 0 Å². The summed E-state index contributed by atoms with van der Waals surface area (Å²) >= 11 is 0. The topological polar surface area (TPSA) is 80.0 Å². The van der Waals surface area contributed by atoms with Gasteiger partial charge in [0.15, 0.2) is 17.2 Å². The highest BCUT2D eigenvalue weighted by atomic mass is 16.5. The standard InChI is InChI=1S/C10H5N5O/c11-5-7-1-2-9-12-13-10(15(9)6-7)8-3-4-16-14-8/h1-4,6H. The lowest BCUT2D eigenvalue weighted by Gasteiger charge is -1.95. The molecule has 3 rings (SSSR count). The summed E-state index contributed by atoms with van der Waals surface area (Å²) in [4.78, 5) is 0. The summed E-state index contributed by atoms with van der Waals surface area (Å²) in [5.41, 5.74) is 1.79. The average Bonchev–Trinajstić information content (AvgIpc) is 2.96. The molecule has 0 saturated heterocycles. The summed E-state index contributed by atoms with van der Waals surface area (Å²) in [5, 5.41) is 20.6. The quantitative estimate of drug-likeness (QED) is 0.605. The zero-order valence-electron chi connectivity index (χ0n) is 8.03. The minimum absolute atomic E-state index is 0.539. The Morgan fingerprint density at radius 1 is 1.25 bits per heavy atom. The fraction of sp³-hybridized carbons (Fsp3) is 0. The fourth-order valence-electron chi connectivity index (χ4n) is 1.46. The number of hydrogen-bond donors (Lipinski definition) is 0. The van der Waals surface area contributed by atoms with Gasteiger partial charge in [-0.15, -0.1) is 10.2 Å². The monoisotopic (exact) mass is 211 g/mol. The van der Waals surface area contributed by atoms with E-state index in [2.05, 4.69) is 21.4 Å². The first-order chi connectivity index (χ1) is 7.88. The molecule has 0 spiro atoms. The molecular formula is C10H5N5O. The Kier molecular flexibility index (Phi) is 1.71. The molecule has 0 bridgehead atoms. The molecule has 3 aromatic rings. The Bertz CT molecular complexity index is 677. The van der Waals surface area contributed by atoms with Gasteiger partial charge >= 0.3 is 0 Å². The molecule has 0 amide bonds.